The lowest BCUT2D eigenvalue weighted by Crippen LogP contribution is -2.50. The second kappa shape index (κ2) is 8.67. The van der Waals surface area contributed by atoms with Gasteiger partial charge in [0.15, 0.2) is 40.2 Å². The lowest BCUT2D eigenvalue weighted by atomic mass is 10.1. The van der Waals surface area contributed by atoms with Crippen molar-refractivity contribution in [2.45, 2.75) is 102 Å². The zero-order chi connectivity index (χ0) is 25.0. The molecule has 1 aliphatic rings. The Kier molecular flexibility index (Phi) is 6.88. The van der Waals surface area contributed by atoms with Crippen LogP contribution in [-0.4, -0.2) is 61.1 Å². The third kappa shape index (κ3) is 5.02. The lowest BCUT2D eigenvalue weighted by molar-refractivity contribution is -0.0421. The Labute approximate surface area is 197 Å². The molecule has 186 valence electrons. The van der Waals surface area contributed by atoms with Crippen molar-refractivity contribution in [1.82, 2.24) is 19.5 Å². The van der Waals surface area contributed by atoms with Crippen LogP contribution in [0.2, 0.25) is 36.3 Å². The summed E-state index contributed by atoms with van der Waals surface area (Å²) >= 11 is 0. The molecule has 8 nitrogen and oxygen atoms in total. The van der Waals surface area contributed by atoms with Crippen molar-refractivity contribution in [2.24, 2.45) is 0 Å². The molecule has 4 atom stereocenters. The first-order chi connectivity index (χ1) is 15.0. The summed E-state index contributed by atoms with van der Waals surface area (Å²) in [7, 11) is -4.38. The van der Waals surface area contributed by atoms with E-state index in [1.165, 1.54) is 17.2 Å². The smallest absolute Gasteiger partial charge is 0.278 e. The molecule has 0 aromatic carbocycles. The average molecular weight is 499 g/mol. The molecule has 3 rings (SSSR count). The van der Waals surface area contributed by atoms with Gasteiger partial charge in [-0.2, -0.15) is 0 Å². The molecule has 11 heteroatoms. The molecule has 1 aliphatic heterocycles. The van der Waals surface area contributed by atoms with Crippen molar-refractivity contribution < 1.29 is 18.0 Å². The second-order valence-electron chi connectivity index (χ2n) is 12.0. The molecule has 1 saturated heterocycles. The number of ether oxygens (including phenoxy) is 1. The Morgan fingerprint density at radius 2 is 1.70 bits per heavy atom. The SMILES string of the molecule is CC(C)(C)[Si](C)(C)OC[C@H]1O[C@@H](n2cnc3c(=O)[nH]cnc32)[C@@H](F)[C@@H]1O[Si](C)(C)C(C)(C)C. The van der Waals surface area contributed by atoms with E-state index >= 15 is 4.39 Å². The molecule has 2 aromatic rings. The molecule has 33 heavy (non-hydrogen) atoms. The fraction of sp³-hybridized carbons (Fsp3) is 0.773. The molecule has 0 unspecified atom stereocenters. The van der Waals surface area contributed by atoms with Crippen LogP contribution in [0, 0.1) is 0 Å². The average Bonchev–Trinajstić information content (AvgIpc) is 3.21. The first-order valence-corrected chi connectivity index (χ1v) is 17.3. The molecule has 1 fully saturated rings. The summed E-state index contributed by atoms with van der Waals surface area (Å²) in [5, 5.41) is -0.0758. The highest BCUT2D eigenvalue weighted by molar-refractivity contribution is 6.74. The van der Waals surface area contributed by atoms with Crippen molar-refractivity contribution in [2.75, 3.05) is 6.61 Å². The molecular formula is C22H39FN4O4Si2. The summed E-state index contributed by atoms with van der Waals surface area (Å²) in [6.45, 7) is 21.7. The standard InChI is InChI=1S/C22H39FN4O4Si2/c1-21(2,3)32(7,8)29-11-14-17(31-33(9,10)22(4,5)6)15(23)20(30-14)27-13-26-16-18(27)24-12-25-19(16)28/h12-15,17,20H,11H2,1-10H3,(H,24,25,28)/t14-,15+,17-,20-/m1/s1. The van der Waals surface area contributed by atoms with E-state index in [9.17, 15) is 4.79 Å². The monoisotopic (exact) mass is 498 g/mol. The zero-order valence-electron chi connectivity index (χ0n) is 21.5. The van der Waals surface area contributed by atoms with Gasteiger partial charge in [0.25, 0.3) is 5.56 Å². The summed E-state index contributed by atoms with van der Waals surface area (Å²) in [4.78, 5) is 22.9. The van der Waals surface area contributed by atoms with Gasteiger partial charge in [-0.15, -0.1) is 0 Å². The molecule has 1 N–H and O–H groups in total. The number of imidazole rings is 1. The van der Waals surface area contributed by atoms with E-state index in [1.54, 1.807) is 0 Å². The van der Waals surface area contributed by atoms with Gasteiger partial charge in [0.2, 0.25) is 0 Å². The summed E-state index contributed by atoms with van der Waals surface area (Å²) < 4.78 is 36.7. The van der Waals surface area contributed by atoms with Gasteiger partial charge in [0, 0.05) is 0 Å². The second-order valence-corrected chi connectivity index (χ2v) is 21.5. The van der Waals surface area contributed by atoms with Crippen LogP contribution < -0.4 is 5.56 Å². The van der Waals surface area contributed by atoms with E-state index in [0.717, 1.165) is 0 Å². The van der Waals surface area contributed by atoms with Crippen molar-refractivity contribution in [1.29, 1.82) is 0 Å². The van der Waals surface area contributed by atoms with Crippen LogP contribution in [0.25, 0.3) is 11.2 Å². The number of nitrogens with one attached hydrogen (secondary N) is 1. The molecule has 0 radical (unpaired) electrons. The number of hydrogen-bond acceptors (Lipinski definition) is 6. The molecule has 2 aromatic heterocycles. The van der Waals surface area contributed by atoms with Gasteiger partial charge in [0.1, 0.15) is 12.2 Å². The third-order valence-electron chi connectivity index (χ3n) is 7.56. The zero-order valence-corrected chi connectivity index (χ0v) is 23.5. The van der Waals surface area contributed by atoms with Gasteiger partial charge in [-0.05, 0) is 36.3 Å². The number of H-pyrrole nitrogens is 1. The van der Waals surface area contributed by atoms with Crippen LogP contribution in [0.5, 0.6) is 0 Å². The number of aromatic nitrogens is 4. The minimum Gasteiger partial charge on any atom is -0.414 e. The molecular weight excluding hydrogens is 459 g/mol. The van der Waals surface area contributed by atoms with E-state index < -0.39 is 41.2 Å². The fourth-order valence-corrected chi connectivity index (χ4v) is 5.60. The predicted molar refractivity (Wildman–Crippen MR) is 132 cm³/mol. The molecule has 0 amide bonds. The Bertz CT molecular complexity index is 1040. The molecule has 0 saturated carbocycles. The first kappa shape index (κ1) is 26.2. The Morgan fingerprint density at radius 1 is 1.09 bits per heavy atom. The maximum Gasteiger partial charge on any atom is 0.278 e. The number of hydrogen-bond donors (Lipinski definition) is 1. The van der Waals surface area contributed by atoms with Gasteiger partial charge in [-0.3, -0.25) is 9.36 Å². The van der Waals surface area contributed by atoms with E-state index in [-0.39, 0.29) is 33.4 Å². The van der Waals surface area contributed by atoms with Crippen LogP contribution in [0.1, 0.15) is 47.8 Å². The van der Waals surface area contributed by atoms with Gasteiger partial charge < -0.3 is 18.6 Å². The molecule has 0 aliphatic carbocycles. The van der Waals surface area contributed by atoms with Crippen molar-refractivity contribution in [3.8, 4) is 0 Å². The summed E-state index contributed by atoms with van der Waals surface area (Å²) in [5.41, 5.74) is 0.0543. The number of rotatable bonds is 6. The number of fused-ring (bicyclic) bond motifs is 1. The molecule has 0 spiro atoms. The fourth-order valence-electron chi connectivity index (χ4n) is 3.27. The van der Waals surface area contributed by atoms with Crippen LogP contribution >= 0.6 is 0 Å². The first-order valence-electron chi connectivity index (χ1n) is 11.5. The predicted octanol–water partition coefficient (Wildman–Crippen LogP) is 4.77. The highest BCUT2D eigenvalue weighted by Crippen LogP contribution is 2.43. The van der Waals surface area contributed by atoms with Crippen LogP contribution in [-0.2, 0) is 13.6 Å². The topological polar surface area (TPSA) is 91.3 Å². The summed E-state index contributed by atoms with van der Waals surface area (Å²) in [6.07, 6.45) is -1.16. The largest absolute Gasteiger partial charge is 0.414 e. The van der Waals surface area contributed by atoms with E-state index in [2.05, 4.69) is 82.7 Å². The van der Waals surface area contributed by atoms with Gasteiger partial charge in [0.05, 0.1) is 19.3 Å². The van der Waals surface area contributed by atoms with Crippen molar-refractivity contribution >= 4 is 27.8 Å². The minimum absolute atomic E-state index is 0.0153. The van der Waals surface area contributed by atoms with E-state index in [4.69, 9.17) is 13.6 Å². The number of halogens is 1. The van der Waals surface area contributed by atoms with E-state index in [1.807, 2.05) is 0 Å². The Hall–Kier alpha value is -1.41. The van der Waals surface area contributed by atoms with Gasteiger partial charge >= 0.3 is 0 Å². The summed E-state index contributed by atoms with van der Waals surface area (Å²) in [5.74, 6) is 0. The quantitative estimate of drug-likeness (QED) is 0.577. The Morgan fingerprint density at radius 3 is 2.27 bits per heavy atom. The van der Waals surface area contributed by atoms with Crippen LogP contribution in [0.3, 0.4) is 0 Å². The van der Waals surface area contributed by atoms with Crippen LogP contribution in [0.4, 0.5) is 4.39 Å². The highest BCUT2D eigenvalue weighted by Gasteiger charge is 2.52. The maximum atomic E-state index is 16.0. The highest BCUT2D eigenvalue weighted by atomic mass is 28.4. The van der Waals surface area contributed by atoms with Crippen LogP contribution in [0.15, 0.2) is 17.4 Å². The van der Waals surface area contributed by atoms with Gasteiger partial charge in [-0.25, -0.2) is 14.4 Å². The van der Waals surface area contributed by atoms with Crippen molar-refractivity contribution in [3.63, 3.8) is 0 Å². The third-order valence-corrected chi connectivity index (χ3v) is 16.5. The summed E-state index contributed by atoms with van der Waals surface area (Å²) in [6, 6.07) is 0. The number of aromatic amines is 1. The maximum absolute atomic E-state index is 16.0. The number of nitrogens with zero attached hydrogens (tertiary/aromatic N) is 3. The van der Waals surface area contributed by atoms with E-state index in [0.29, 0.717) is 0 Å². The molecule has 3 heterocycles. The normalized spacial score (nSPS) is 25.2. The molecule has 0 bridgehead atoms. The lowest BCUT2D eigenvalue weighted by Gasteiger charge is -2.40. The van der Waals surface area contributed by atoms with Crippen molar-refractivity contribution in [3.05, 3.63) is 23.0 Å². The van der Waals surface area contributed by atoms with Gasteiger partial charge in [-0.1, -0.05) is 41.5 Å². The number of alkyl halides is 1. The minimum atomic E-state index is -2.30. The Balaban J connectivity index is 1.95.